The fourth-order valence-corrected chi connectivity index (χ4v) is 2.00. The molecule has 0 aliphatic heterocycles. The highest BCUT2D eigenvalue weighted by Crippen LogP contribution is 2.10. The van der Waals surface area contributed by atoms with Gasteiger partial charge in [-0.1, -0.05) is 60.7 Å². The molecule has 0 saturated heterocycles. The Morgan fingerprint density at radius 1 is 1.00 bits per heavy atom. The molecule has 0 aliphatic carbocycles. The molecule has 2 aromatic rings. The van der Waals surface area contributed by atoms with Gasteiger partial charge in [-0.05, 0) is 25.5 Å². The van der Waals surface area contributed by atoms with Crippen molar-refractivity contribution < 1.29 is 15.0 Å². The average Bonchev–Trinajstić information content (AvgIpc) is 2.53. The lowest BCUT2D eigenvalue weighted by Crippen LogP contribution is -2.21. The van der Waals surface area contributed by atoms with Crippen LogP contribution in [0.2, 0.25) is 0 Å². The van der Waals surface area contributed by atoms with Gasteiger partial charge in [-0.2, -0.15) is 0 Å². The lowest BCUT2D eigenvalue weighted by molar-refractivity contribution is 0.0810. The van der Waals surface area contributed by atoms with Crippen molar-refractivity contribution in [3.8, 4) is 0 Å². The third-order valence-corrected chi connectivity index (χ3v) is 2.98. The van der Waals surface area contributed by atoms with E-state index >= 15 is 0 Å². The van der Waals surface area contributed by atoms with Gasteiger partial charge in [0.2, 0.25) is 0 Å². The van der Waals surface area contributed by atoms with Crippen LogP contribution in [0.25, 0.3) is 0 Å². The van der Waals surface area contributed by atoms with Gasteiger partial charge in [0.15, 0.2) is 5.78 Å². The number of allylic oxidation sites excluding steroid dienone is 1. The van der Waals surface area contributed by atoms with Crippen LogP contribution in [0.3, 0.4) is 0 Å². The molecule has 23 heavy (non-hydrogen) atoms. The smallest absolute Gasteiger partial charge is 0.166 e. The van der Waals surface area contributed by atoms with Crippen molar-refractivity contribution in [1.82, 2.24) is 0 Å². The Balaban J connectivity index is 0.000000231. The van der Waals surface area contributed by atoms with E-state index in [9.17, 15) is 9.90 Å². The Morgan fingerprint density at radius 2 is 1.52 bits per heavy atom. The minimum atomic E-state index is -0.596. The first-order chi connectivity index (χ1) is 10.9. The van der Waals surface area contributed by atoms with Crippen LogP contribution < -0.4 is 0 Å². The molecule has 0 fully saturated rings. The second-order valence-corrected chi connectivity index (χ2v) is 5.85. The van der Waals surface area contributed by atoms with Crippen molar-refractivity contribution in [2.45, 2.75) is 32.3 Å². The summed E-state index contributed by atoms with van der Waals surface area (Å²) in [6, 6.07) is 19.0. The summed E-state index contributed by atoms with van der Waals surface area (Å²) in [4.78, 5) is 11.2. The zero-order valence-electron chi connectivity index (χ0n) is 13.6. The second kappa shape index (κ2) is 9.59. The Morgan fingerprint density at radius 3 is 2.00 bits per heavy atom. The third-order valence-electron chi connectivity index (χ3n) is 2.98. The van der Waals surface area contributed by atoms with Gasteiger partial charge in [-0.3, -0.25) is 4.79 Å². The molecule has 3 nitrogen and oxygen atoms in total. The topological polar surface area (TPSA) is 57.5 Å². The lowest BCUT2D eigenvalue weighted by Gasteiger charge is -2.16. The molecule has 2 rings (SSSR count). The highest BCUT2D eigenvalue weighted by molar-refractivity contribution is 5.96. The first kappa shape index (κ1) is 18.7. The molecule has 0 saturated carbocycles. The number of aliphatic hydroxyl groups excluding tert-OH is 1. The van der Waals surface area contributed by atoms with Crippen molar-refractivity contribution in [3.63, 3.8) is 0 Å². The zero-order valence-corrected chi connectivity index (χ0v) is 13.6. The maximum Gasteiger partial charge on any atom is 0.166 e. The normalized spacial score (nSPS) is 10.9. The highest BCUT2D eigenvalue weighted by atomic mass is 16.3. The lowest BCUT2D eigenvalue weighted by atomic mass is 9.99. The Bertz CT molecular complexity index is 596. The van der Waals surface area contributed by atoms with Crippen LogP contribution in [0.15, 0.2) is 73.0 Å². The molecule has 0 bridgehead atoms. The SMILES string of the molecule is CC(C)(O)Cc1ccccc1.O=C(CC=CO)c1ccccc1. The fraction of sp³-hybridized carbons (Fsp3) is 0.250. The molecule has 0 atom stereocenters. The summed E-state index contributed by atoms with van der Waals surface area (Å²) in [6.45, 7) is 3.64. The number of Topliss-reactive ketones (excluding diaryl/α,β-unsaturated/α-hetero) is 1. The summed E-state index contributed by atoms with van der Waals surface area (Å²) >= 11 is 0. The number of carbonyl (C=O) groups is 1. The van der Waals surface area contributed by atoms with Crippen LogP contribution in [-0.4, -0.2) is 21.6 Å². The first-order valence-electron chi connectivity index (χ1n) is 7.56. The number of carbonyl (C=O) groups excluding carboxylic acids is 1. The van der Waals surface area contributed by atoms with Crippen molar-refractivity contribution in [2.75, 3.05) is 0 Å². The maximum atomic E-state index is 11.2. The molecule has 0 unspecified atom stereocenters. The minimum absolute atomic E-state index is 0.0147. The van der Waals surface area contributed by atoms with E-state index in [1.54, 1.807) is 12.1 Å². The van der Waals surface area contributed by atoms with Crippen molar-refractivity contribution >= 4 is 5.78 Å². The average molecular weight is 312 g/mol. The van der Waals surface area contributed by atoms with Crippen molar-refractivity contribution in [1.29, 1.82) is 0 Å². The number of hydrogen-bond donors (Lipinski definition) is 2. The van der Waals surface area contributed by atoms with Crippen LogP contribution in [-0.2, 0) is 6.42 Å². The molecule has 0 heterocycles. The summed E-state index contributed by atoms with van der Waals surface area (Å²) in [6.07, 6.45) is 3.28. The van der Waals surface area contributed by atoms with Gasteiger partial charge >= 0.3 is 0 Å². The molecule has 2 aromatic carbocycles. The molecular weight excluding hydrogens is 288 g/mol. The van der Waals surface area contributed by atoms with E-state index in [4.69, 9.17) is 5.11 Å². The van der Waals surface area contributed by atoms with Crippen molar-refractivity contribution in [2.24, 2.45) is 0 Å². The van der Waals surface area contributed by atoms with E-state index in [1.807, 2.05) is 62.4 Å². The Labute approximate surface area is 137 Å². The van der Waals surface area contributed by atoms with Gasteiger partial charge < -0.3 is 10.2 Å². The van der Waals surface area contributed by atoms with Crippen LogP contribution in [0.4, 0.5) is 0 Å². The molecule has 0 spiro atoms. The van der Waals surface area contributed by atoms with Crippen LogP contribution >= 0.6 is 0 Å². The number of benzene rings is 2. The van der Waals surface area contributed by atoms with Gasteiger partial charge in [0.05, 0.1) is 11.9 Å². The number of aliphatic hydroxyl groups is 2. The van der Waals surface area contributed by atoms with Gasteiger partial charge in [0, 0.05) is 18.4 Å². The standard InChI is InChI=1S/C10H10O2.C10H14O/c11-8-4-7-10(12)9-5-2-1-3-6-9;1-10(2,11)8-9-6-4-3-5-7-9/h1-6,8,11H,7H2;3-7,11H,8H2,1-2H3. The van der Waals surface area contributed by atoms with E-state index in [1.165, 1.54) is 11.6 Å². The van der Waals surface area contributed by atoms with Crippen LogP contribution in [0.1, 0.15) is 36.2 Å². The Hall–Kier alpha value is -2.39. The van der Waals surface area contributed by atoms with Gasteiger partial charge in [-0.15, -0.1) is 0 Å². The number of rotatable bonds is 5. The van der Waals surface area contributed by atoms with Crippen LogP contribution in [0.5, 0.6) is 0 Å². The van der Waals surface area contributed by atoms with E-state index in [0.29, 0.717) is 12.0 Å². The van der Waals surface area contributed by atoms with E-state index in [-0.39, 0.29) is 12.2 Å². The Kier molecular flexibility index (Phi) is 7.78. The second-order valence-electron chi connectivity index (χ2n) is 5.85. The highest BCUT2D eigenvalue weighted by Gasteiger charge is 2.12. The minimum Gasteiger partial charge on any atom is -0.516 e. The molecule has 0 aromatic heterocycles. The first-order valence-corrected chi connectivity index (χ1v) is 7.56. The van der Waals surface area contributed by atoms with Crippen molar-refractivity contribution in [3.05, 3.63) is 84.1 Å². The molecule has 3 heteroatoms. The van der Waals surface area contributed by atoms with Crippen LogP contribution in [0, 0.1) is 0 Å². The summed E-state index contributed by atoms with van der Waals surface area (Å²) in [5, 5.41) is 17.8. The summed E-state index contributed by atoms with van der Waals surface area (Å²) in [7, 11) is 0. The molecular formula is C20H24O3. The largest absolute Gasteiger partial charge is 0.516 e. The number of ketones is 1. The molecule has 122 valence electrons. The summed E-state index contributed by atoms with van der Waals surface area (Å²) < 4.78 is 0. The van der Waals surface area contributed by atoms with E-state index < -0.39 is 5.60 Å². The molecule has 0 amide bonds. The van der Waals surface area contributed by atoms with E-state index in [2.05, 4.69) is 0 Å². The zero-order chi connectivity index (χ0) is 17.1. The number of hydrogen-bond acceptors (Lipinski definition) is 3. The van der Waals surface area contributed by atoms with Gasteiger partial charge in [0.1, 0.15) is 0 Å². The van der Waals surface area contributed by atoms with Gasteiger partial charge in [0.25, 0.3) is 0 Å². The summed E-state index contributed by atoms with van der Waals surface area (Å²) in [5.41, 5.74) is 1.26. The fourth-order valence-electron chi connectivity index (χ4n) is 2.00. The third kappa shape index (κ3) is 8.59. The predicted molar refractivity (Wildman–Crippen MR) is 93.6 cm³/mol. The maximum absolute atomic E-state index is 11.2. The van der Waals surface area contributed by atoms with Gasteiger partial charge in [-0.25, -0.2) is 0 Å². The summed E-state index contributed by atoms with van der Waals surface area (Å²) in [5.74, 6) is 0.0147. The molecule has 2 N–H and O–H groups in total. The quantitative estimate of drug-likeness (QED) is 0.638. The monoisotopic (exact) mass is 312 g/mol. The molecule has 0 aliphatic rings. The molecule has 0 radical (unpaired) electrons. The van der Waals surface area contributed by atoms with E-state index in [0.717, 1.165) is 6.26 Å². The predicted octanol–water partition coefficient (Wildman–Crippen LogP) is 4.33.